The molecule has 1 aliphatic heterocycles. The molecule has 0 aliphatic carbocycles. The maximum atomic E-state index is 13.1. The molecule has 8 nitrogen and oxygen atoms in total. The zero-order valence-electron chi connectivity index (χ0n) is 21.4. The van der Waals surface area contributed by atoms with Gasteiger partial charge in [-0.2, -0.15) is 4.31 Å². The highest BCUT2D eigenvalue weighted by atomic mass is 35.5. The van der Waals surface area contributed by atoms with Crippen molar-refractivity contribution in [1.82, 2.24) is 4.31 Å². The van der Waals surface area contributed by atoms with E-state index in [-0.39, 0.29) is 20.4 Å². The average Bonchev–Trinajstić information content (AvgIpc) is 2.87. The van der Waals surface area contributed by atoms with Crippen LogP contribution in [0.3, 0.4) is 0 Å². The molecule has 1 amide bonds. The summed E-state index contributed by atoms with van der Waals surface area (Å²) in [6.07, 6.45) is 1.57. The Morgan fingerprint density at radius 3 is 2.08 bits per heavy atom. The highest BCUT2D eigenvalue weighted by molar-refractivity contribution is 7.92. The SMILES string of the molecule is Cc1cccc(C)c1NS(=O)(=O)c1ccc(NC(=O)c2cc(S(=O)(=O)N3CCC(C)CC3)ccc2Cl)cc1. The quantitative estimate of drug-likeness (QED) is 0.390. The molecule has 0 unspecified atom stereocenters. The summed E-state index contributed by atoms with van der Waals surface area (Å²) in [5.74, 6) is -0.139. The highest BCUT2D eigenvalue weighted by Gasteiger charge is 2.29. The van der Waals surface area contributed by atoms with Crippen molar-refractivity contribution in [3.63, 3.8) is 0 Å². The monoisotopic (exact) mass is 575 g/mol. The molecule has 202 valence electrons. The van der Waals surface area contributed by atoms with Crippen molar-refractivity contribution < 1.29 is 21.6 Å². The van der Waals surface area contributed by atoms with Crippen LogP contribution in [-0.2, 0) is 20.0 Å². The summed E-state index contributed by atoms with van der Waals surface area (Å²) in [6, 6.07) is 15.2. The molecule has 0 aromatic heterocycles. The van der Waals surface area contributed by atoms with Crippen LogP contribution >= 0.6 is 11.6 Å². The van der Waals surface area contributed by atoms with Crippen LogP contribution in [0, 0.1) is 19.8 Å². The maximum absolute atomic E-state index is 13.1. The maximum Gasteiger partial charge on any atom is 0.261 e. The molecular formula is C27H30ClN3O5S2. The molecule has 1 aliphatic rings. The first-order valence-corrected chi connectivity index (χ1v) is 15.5. The number of sulfonamides is 2. The molecule has 0 radical (unpaired) electrons. The van der Waals surface area contributed by atoms with Gasteiger partial charge >= 0.3 is 0 Å². The van der Waals surface area contributed by atoms with E-state index in [9.17, 15) is 21.6 Å². The van der Waals surface area contributed by atoms with Crippen LogP contribution in [0.2, 0.25) is 5.02 Å². The first-order valence-electron chi connectivity index (χ1n) is 12.2. The number of para-hydroxylation sites is 1. The third-order valence-corrected chi connectivity index (χ3v) is 10.3. The van der Waals surface area contributed by atoms with Crippen LogP contribution in [0.15, 0.2) is 70.5 Å². The molecule has 0 spiro atoms. The van der Waals surface area contributed by atoms with Crippen LogP contribution in [0.1, 0.15) is 41.3 Å². The molecular weight excluding hydrogens is 546 g/mol. The summed E-state index contributed by atoms with van der Waals surface area (Å²) in [5.41, 5.74) is 2.46. The van der Waals surface area contributed by atoms with Crippen molar-refractivity contribution in [2.45, 2.75) is 43.4 Å². The second kappa shape index (κ2) is 11.1. The van der Waals surface area contributed by atoms with Gasteiger partial charge in [-0.05, 0) is 86.2 Å². The molecule has 0 saturated carbocycles. The highest BCUT2D eigenvalue weighted by Crippen LogP contribution is 2.28. The molecule has 1 fully saturated rings. The lowest BCUT2D eigenvalue weighted by Crippen LogP contribution is -2.37. The molecule has 0 atom stereocenters. The number of amides is 1. The molecule has 3 aromatic carbocycles. The van der Waals surface area contributed by atoms with E-state index in [1.54, 1.807) is 0 Å². The number of carbonyl (C=O) groups is 1. The predicted octanol–water partition coefficient (Wildman–Crippen LogP) is 5.43. The predicted molar refractivity (Wildman–Crippen MR) is 150 cm³/mol. The Bertz CT molecular complexity index is 1540. The molecule has 11 heteroatoms. The molecule has 0 bridgehead atoms. The minimum absolute atomic E-state index is 0.000572. The summed E-state index contributed by atoms with van der Waals surface area (Å²) in [4.78, 5) is 13.0. The standard InChI is InChI=1S/C27H30ClN3O5S2/c1-18-13-15-31(16-14-18)38(35,36)23-11-12-25(28)24(17-23)27(32)29-21-7-9-22(10-8-21)37(33,34)30-26-19(2)5-4-6-20(26)3/h4-12,17-18,30H,13-16H2,1-3H3,(H,29,32). The van der Waals surface area contributed by atoms with Gasteiger partial charge in [0.05, 0.1) is 26.1 Å². The number of anilines is 2. The number of carbonyl (C=O) groups excluding carboxylic acids is 1. The first kappa shape index (κ1) is 28.1. The van der Waals surface area contributed by atoms with Gasteiger partial charge in [-0.3, -0.25) is 9.52 Å². The summed E-state index contributed by atoms with van der Waals surface area (Å²) in [6.45, 7) is 6.60. The Morgan fingerprint density at radius 2 is 1.47 bits per heavy atom. The Balaban J connectivity index is 1.51. The fourth-order valence-corrected chi connectivity index (χ4v) is 7.20. The summed E-state index contributed by atoms with van der Waals surface area (Å²) in [7, 11) is -7.62. The molecule has 1 heterocycles. The van der Waals surface area contributed by atoms with Crippen molar-refractivity contribution >= 4 is 48.9 Å². The number of rotatable bonds is 7. The molecule has 4 rings (SSSR count). The van der Waals surface area contributed by atoms with Crippen LogP contribution < -0.4 is 10.0 Å². The van der Waals surface area contributed by atoms with Crippen molar-refractivity contribution in [1.29, 1.82) is 0 Å². The lowest BCUT2D eigenvalue weighted by Gasteiger charge is -2.29. The molecule has 3 aromatic rings. The molecule has 1 saturated heterocycles. The number of piperidine rings is 1. The van der Waals surface area contributed by atoms with Crippen molar-refractivity contribution in [3.8, 4) is 0 Å². The van der Waals surface area contributed by atoms with Gasteiger partial charge in [0.1, 0.15) is 0 Å². The second-order valence-corrected chi connectivity index (χ2v) is 13.6. The number of halogens is 1. The van der Waals surface area contributed by atoms with E-state index in [2.05, 4.69) is 17.0 Å². The van der Waals surface area contributed by atoms with Crippen LogP contribution in [0.5, 0.6) is 0 Å². The van der Waals surface area contributed by atoms with E-state index in [4.69, 9.17) is 11.6 Å². The van der Waals surface area contributed by atoms with E-state index in [1.165, 1.54) is 46.8 Å². The average molecular weight is 576 g/mol. The fraction of sp³-hybridized carbons (Fsp3) is 0.296. The normalized spacial score (nSPS) is 15.3. The van der Waals surface area contributed by atoms with Gasteiger partial charge in [-0.25, -0.2) is 16.8 Å². The smallest absolute Gasteiger partial charge is 0.261 e. The topological polar surface area (TPSA) is 113 Å². The minimum Gasteiger partial charge on any atom is -0.322 e. The largest absolute Gasteiger partial charge is 0.322 e. The zero-order chi connectivity index (χ0) is 27.7. The van der Waals surface area contributed by atoms with Gasteiger partial charge in [-0.1, -0.05) is 36.7 Å². The van der Waals surface area contributed by atoms with Crippen LogP contribution in [0.4, 0.5) is 11.4 Å². The van der Waals surface area contributed by atoms with Gasteiger partial charge < -0.3 is 5.32 Å². The van der Waals surface area contributed by atoms with E-state index < -0.39 is 26.0 Å². The van der Waals surface area contributed by atoms with E-state index in [1.807, 2.05) is 32.0 Å². The van der Waals surface area contributed by atoms with Gasteiger partial charge in [0, 0.05) is 18.8 Å². The lowest BCUT2D eigenvalue weighted by molar-refractivity contribution is 0.102. The van der Waals surface area contributed by atoms with Gasteiger partial charge in [0.15, 0.2) is 0 Å². The van der Waals surface area contributed by atoms with Crippen LogP contribution in [0.25, 0.3) is 0 Å². The van der Waals surface area contributed by atoms with Crippen molar-refractivity contribution in [3.05, 3.63) is 82.4 Å². The zero-order valence-corrected chi connectivity index (χ0v) is 23.8. The molecule has 2 N–H and O–H groups in total. The Hall–Kier alpha value is -2.92. The minimum atomic E-state index is -3.85. The summed E-state index contributed by atoms with van der Waals surface area (Å²) < 4.78 is 56.1. The number of aryl methyl sites for hydroxylation is 2. The second-order valence-electron chi connectivity index (χ2n) is 9.58. The number of hydrogen-bond acceptors (Lipinski definition) is 5. The Kier molecular flexibility index (Phi) is 8.17. The van der Waals surface area contributed by atoms with E-state index >= 15 is 0 Å². The fourth-order valence-electron chi connectivity index (χ4n) is 4.30. The van der Waals surface area contributed by atoms with Crippen molar-refractivity contribution in [2.24, 2.45) is 5.92 Å². The Labute approximate surface area is 229 Å². The van der Waals surface area contributed by atoms with Gasteiger partial charge in [0.25, 0.3) is 15.9 Å². The van der Waals surface area contributed by atoms with Gasteiger partial charge in [0.2, 0.25) is 10.0 Å². The number of nitrogens with one attached hydrogen (secondary N) is 2. The van der Waals surface area contributed by atoms with Crippen molar-refractivity contribution in [2.75, 3.05) is 23.1 Å². The number of hydrogen-bond donors (Lipinski definition) is 2. The summed E-state index contributed by atoms with van der Waals surface area (Å²) in [5, 5.41) is 2.77. The number of benzene rings is 3. The Morgan fingerprint density at radius 1 is 0.895 bits per heavy atom. The summed E-state index contributed by atoms with van der Waals surface area (Å²) >= 11 is 6.24. The lowest BCUT2D eigenvalue weighted by atomic mass is 10.0. The van der Waals surface area contributed by atoms with Gasteiger partial charge in [-0.15, -0.1) is 0 Å². The van der Waals surface area contributed by atoms with E-state index in [0.717, 1.165) is 24.0 Å². The molecule has 38 heavy (non-hydrogen) atoms. The third-order valence-electron chi connectivity index (χ3n) is 6.70. The first-order chi connectivity index (χ1) is 17.9. The van der Waals surface area contributed by atoms with Crippen LogP contribution in [-0.4, -0.2) is 40.1 Å². The van der Waals surface area contributed by atoms with E-state index in [0.29, 0.717) is 30.4 Å². The third kappa shape index (κ3) is 6.04. The number of nitrogens with zero attached hydrogens (tertiary/aromatic N) is 1.